The van der Waals surface area contributed by atoms with Crippen molar-refractivity contribution in [2.45, 2.75) is 31.8 Å². The van der Waals surface area contributed by atoms with E-state index in [1.54, 1.807) is 34.1 Å². The summed E-state index contributed by atoms with van der Waals surface area (Å²) in [6.45, 7) is 0.993. The van der Waals surface area contributed by atoms with Crippen LogP contribution in [0.5, 0.6) is 0 Å². The Morgan fingerprint density at radius 3 is 3.08 bits per heavy atom. The molecule has 7 heteroatoms. The maximum Gasteiger partial charge on any atom is 0.317 e. The summed E-state index contributed by atoms with van der Waals surface area (Å²) in [6, 6.07) is 5.89. The first-order valence-corrected chi connectivity index (χ1v) is 8.12. The monoisotopic (exact) mass is 332 g/mol. The summed E-state index contributed by atoms with van der Waals surface area (Å²) < 4.78 is 14.8. The molecule has 1 unspecified atom stereocenters. The Morgan fingerprint density at radius 1 is 1.42 bits per heavy atom. The number of likely N-dealkylation sites (tertiary alicyclic amines) is 1. The van der Waals surface area contributed by atoms with E-state index >= 15 is 0 Å². The number of amides is 2. The fourth-order valence-corrected chi connectivity index (χ4v) is 2.95. The summed E-state index contributed by atoms with van der Waals surface area (Å²) in [5.41, 5.74) is 1.45. The topological polar surface area (TPSA) is 70.4 Å². The number of rotatable bonds is 4. The fraction of sp³-hybridized carbons (Fsp3) is 0.412. The van der Waals surface area contributed by atoms with Crippen molar-refractivity contribution in [1.82, 2.24) is 20.0 Å². The largest absolute Gasteiger partial charge is 0.394 e. The average Bonchev–Trinajstić information content (AvgIpc) is 3.08. The van der Waals surface area contributed by atoms with Crippen LogP contribution < -0.4 is 5.32 Å². The molecule has 3 rings (SSSR count). The number of aliphatic hydroxyl groups excluding tert-OH is 1. The van der Waals surface area contributed by atoms with Crippen molar-refractivity contribution in [3.63, 3.8) is 0 Å². The average molecular weight is 332 g/mol. The lowest BCUT2D eigenvalue weighted by molar-refractivity contribution is 0.108. The zero-order valence-electron chi connectivity index (χ0n) is 13.4. The van der Waals surface area contributed by atoms with Crippen LogP contribution in [0.1, 0.15) is 24.8 Å². The summed E-state index contributed by atoms with van der Waals surface area (Å²) in [6.07, 6.45) is 6.23. The van der Waals surface area contributed by atoms with Crippen LogP contribution in [0.25, 0.3) is 5.69 Å². The molecule has 24 heavy (non-hydrogen) atoms. The van der Waals surface area contributed by atoms with Gasteiger partial charge in [-0.3, -0.25) is 0 Å². The molecule has 0 radical (unpaired) electrons. The predicted molar refractivity (Wildman–Crippen MR) is 87.2 cm³/mol. The van der Waals surface area contributed by atoms with E-state index in [1.165, 1.54) is 12.1 Å². The Kier molecular flexibility index (Phi) is 5.10. The van der Waals surface area contributed by atoms with Crippen LogP contribution in [0.3, 0.4) is 0 Å². The molecule has 2 amide bonds. The number of urea groups is 1. The molecule has 6 nitrogen and oxygen atoms in total. The zero-order valence-corrected chi connectivity index (χ0v) is 13.4. The normalized spacial score (nSPS) is 17.8. The minimum absolute atomic E-state index is 0.00900. The highest BCUT2D eigenvalue weighted by Crippen LogP contribution is 2.16. The minimum atomic E-state index is -0.321. The lowest BCUT2D eigenvalue weighted by atomic mass is 10.0. The van der Waals surface area contributed by atoms with Crippen molar-refractivity contribution in [3.05, 3.63) is 48.0 Å². The number of aromatic nitrogens is 2. The Bertz CT molecular complexity index is 703. The third kappa shape index (κ3) is 3.73. The number of nitrogens with one attached hydrogen (secondary N) is 1. The van der Waals surface area contributed by atoms with Gasteiger partial charge in [0.2, 0.25) is 0 Å². The second-order valence-electron chi connectivity index (χ2n) is 5.96. The fourth-order valence-electron chi connectivity index (χ4n) is 2.95. The van der Waals surface area contributed by atoms with Gasteiger partial charge in [0.1, 0.15) is 5.82 Å². The van der Waals surface area contributed by atoms with Crippen molar-refractivity contribution in [3.8, 4) is 5.69 Å². The Labute approximate surface area is 139 Å². The number of piperidine rings is 1. The van der Waals surface area contributed by atoms with Crippen molar-refractivity contribution in [2.24, 2.45) is 0 Å². The highest BCUT2D eigenvalue weighted by atomic mass is 19.1. The zero-order chi connectivity index (χ0) is 16.9. The highest BCUT2D eigenvalue weighted by molar-refractivity contribution is 5.74. The number of hydrogen-bond acceptors (Lipinski definition) is 3. The molecule has 0 spiro atoms. The van der Waals surface area contributed by atoms with Gasteiger partial charge < -0.3 is 15.3 Å². The highest BCUT2D eigenvalue weighted by Gasteiger charge is 2.25. The molecule has 1 fully saturated rings. The first-order valence-electron chi connectivity index (χ1n) is 8.12. The molecule has 1 aliphatic rings. The van der Waals surface area contributed by atoms with Gasteiger partial charge in [-0.05, 0) is 37.5 Å². The smallest absolute Gasteiger partial charge is 0.317 e. The molecule has 1 aliphatic heterocycles. The van der Waals surface area contributed by atoms with Crippen LogP contribution in [0.15, 0.2) is 36.7 Å². The number of carbonyl (C=O) groups excluding carboxylic acids is 1. The predicted octanol–water partition coefficient (Wildman–Crippen LogP) is 2.07. The SMILES string of the molecule is O=C(NCc1cnn(-c2cccc(F)c2)c1)N1CCCCC1CO. The second kappa shape index (κ2) is 7.44. The van der Waals surface area contributed by atoms with Gasteiger partial charge in [0.05, 0.1) is 24.5 Å². The maximum atomic E-state index is 13.3. The molecule has 1 saturated heterocycles. The Morgan fingerprint density at radius 2 is 2.29 bits per heavy atom. The van der Waals surface area contributed by atoms with Gasteiger partial charge in [0.15, 0.2) is 0 Å². The van der Waals surface area contributed by atoms with Crippen molar-refractivity contribution >= 4 is 6.03 Å². The summed E-state index contributed by atoms with van der Waals surface area (Å²) >= 11 is 0. The lowest BCUT2D eigenvalue weighted by Crippen LogP contribution is -2.49. The Hall–Kier alpha value is -2.41. The van der Waals surface area contributed by atoms with Gasteiger partial charge in [-0.15, -0.1) is 0 Å². The van der Waals surface area contributed by atoms with Gasteiger partial charge in [-0.1, -0.05) is 6.07 Å². The van der Waals surface area contributed by atoms with Crippen LogP contribution in [-0.4, -0.2) is 45.0 Å². The van der Waals surface area contributed by atoms with Crippen molar-refractivity contribution < 1.29 is 14.3 Å². The number of halogens is 1. The maximum absolute atomic E-state index is 13.3. The molecule has 0 aliphatic carbocycles. The van der Waals surface area contributed by atoms with Crippen LogP contribution in [-0.2, 0) is 6.54 Å². The summed E-state index contributed by atoms with van der Waals surface area (Å²) in [5, 5.41) is 16.4. The van der Waals surface area contributed by atoms with Crippen LogP contribution >= 0.6 is 0 Å². The molecule has 2 N–H and O–H groups in total. The van der Waals surface area contributed by atoms with E-state index in [0.717, 1.165) is 24.8 Å². The van der Waals surface area contributed by atoms with Gasteiger partial charge in [-0.2, -0.15) is 5.10 Å². The van der Waals surface area contributed by atoms with E-state index < -0.39 is 0 Å². The van der Waals surface area contributed by atoms with Gasteiger partial charge in [0, 0.05) is 24.8 Å². The Balaban J connectivity index is 1.60. The molecule has 1 aromatic heterocycles. The molecular formula is C17H21FN4O2. The lowest BCUT2D eigenvalue weighted by Gasteiger charge is -2.34. The van der Waals surface area contributed by atoms with E-state index in [0.29, 0.717) is 18.8 Å². The molecule has 0 saturated carbocycles. The molecule has 128 valence electrons. The van der Waals surface area contributed by atoms with Gasteiger partial charge >= 0.3 is 6.03 Å². The molecule has 1 aromatic carbocycles. The van der Waals surface area contributed by atoms with Gasteiger partial charge in [0.25, 0.3) is 0 Å². The molecule has 0 bridgehead atoms. The third-order valence-electron chi connectivity index (χ3n) is 4.25. The van der Waals surface area contributed by atoms with E-state index in [2.05, 4.69) is 10.4 Å². The second-order valence-corrected chi connectivity index (χ2v) is 5.96. The number of nitrogens with zero attached hydrogens (tertiary/aromatic N) is 3. The molecule has 2 aromatic rings. The number of benzene rings is 1. The van der Waals surface area contributed by atoms with Crippen molar-refractivity contribution in [2.75, 3.05) is 13.2 Å². The summed E-state index contributed by atoms with van der Waals surface area (Å²) in [4.78, 5) is 14.0. The third-order valence-corrected chi connectivity index (χ3v) is 4.25. The van der Waals surface area contributed by atoms with Crippen LogP contribution in [0.2, 0.25) is 0 Å². The first-order chi connectivity index (χ1) is 11.7. The minimum Gasteiger partial charge on any atom is -0.394 e. The number of carbonyl (C=O) groups is 1. The molecule has 2 heterocycles. The van der Waals surface area contributed by atoms with Crippen molar-refractivity contribution in [1.29, 1.82) is 0 Å². The quantitative estimate of drug-likeness (QED) is 0.900. The van der Waals surface area contributed by atoms with E-state index in [-0.39, 0.29) is 24.5 Å². The standard InChI is InChI=1S/C17H21FN4O2/c18-14-4-3-6-15(8-14)22-11-13(10-20-22)9-19-17(24)21-7-2-1-5-16(21)12-23/h3-4,6,8,10-11,16,23H,1-2,5,7,9,12H2,(H,19,24). The van der Waals surface area contributed by atoms with Crippen LogP contribution in [0.4, 0.5) is 9.18 Å². The van der Waals surface area contributed by atoms with Crippen LogP contribution in [0, 0.1) is 5.82 Å². The summed E-state index contributed by atoms with van der Waals surface area (Å²) in [5.74, 6) is -0.321. The van der Waals surface area contributed by atoms with E-state index in [4.69, 9.17) is 0 Å². The van der Waals surface area contributed by atoms with E-state index in [1.807, 2.05) is 0 Å². The summed E-state index contributed by atoms with van der Waals surface area (Å²) in [7, 11) is 0. The molecule has 1 atom stereocenters. The number of hydrogen-bond donors (Lipinski definition) is 2. The molecular weight excluding hydrogens is 311 g/mol. The number of aliphatic hydroxyl groups is 1. The first kappa shape index (κ1) is 16.4. The van der Waals surface area contributed by atoms with Gasteiger partial charge in [-0.25, -0.2) is 13.9 Å². The van der Waals surface area contributed by atoms with E-state index in [9.17, 15) is 14.3 Å².